The van der Waals surface area contributed by atoms with Crippen LogP contribution in [-0.4, -0.2) is 22.1 Å². The molecule has 1 heterocycles. The summed E-state index contributed by atoms with van der Waals surface area (Å²) in [5.41, 5.74) is 2.95. The quantitative estimate of drug-likeness (QED) is 0.546. The van der Waals surface area contributed by atoms with Gasteiger partial charge in [0.2, 0.25) is 0 Å². The fourth-order valence-electron chi connectivity index (χ4n) is 2.15. The highest BCUT2D eigenvalue weighted by Gasteiger charge is 2.10. The molecule has 6 nitrogen and oxygen atoms in total. The van der Waals surface area contributed by atoms with Crippen LogP contribution < -0.4 is 11.1 Å². The van der Waals surface area contributed by atoms with E-state index < -0.39 is 17.4 Å². The lowest BCUT2D eigenvalue weighted by Gasteiger charge is -2.04. The maximum atomic E-state index is 13.0. The number of nitrogens with zero attached hydrogens (tertiary/aromatic N) is 2. The molecule has 3 rings (SSSR count). The molecule has 0 radical (unpaired) electrons. The number of hydrogen-bond donors (Lipinski definition) is 2. The first-order valence-corrected chi connectivity index (χ1v) is 7.86. The van der Waals surface area contributed by atoms with Crippen molar-refractivity contribution in [2.24, 2.45) is 5.10 Å². The molecular weight excluding hydrogens is 359 g/mol. The number of carbonyl (C=O) groups is 1. The van der Waals surface area contributed by atoms with Gasteiger partial charge in [0, 0.05) is 16.1 Å². The van der Waals surface area contributed by atoms with Crippen molar-refractivity contribution >= 4 is 23.7 Å². The molecular formula is C18H12ClFN4O2. The topological polar surface area (TPSA) is 87.2 Å². The Kier molecular flexibility index (Phi) is 5.19. The maximum absolute atomic E-state index is 13.0. The van der Waals surface area contributed by atoms with E-state index in [1.54, 1.807) is 24.3 Å². The number of carbonyl (C=O) groups excluding carboxylic acids is 1. The molecule has 8 heteroatoms. The molecule has 0 atom stereocenters. The number of rotatable bonds is 4. The van der Waals surface area contributed by atoms with Crippen LogP contribution in [-0.2, 0) is 0 Å². The Morgan fingerprint density at radius 2 is 1.92 bits per heavy atom. The zero-order chi connectivity index (χ0) is 18.5. The van der Waals surface area contributed by atoms with Crippen LogP contribution in [0.2, 0.25) is 5.02 Å². The van der Waals surface area contributed by atoms with E-state index in [9.17, 15) is 14.0 Å². The highest BCUT2D eigenvalue weighted by molar-refractivity contribution is 6.33. The zero-order valence-corrected chi connectivity index (χ0v) is 14.0. The summed E-state index contributed by atoms with van der Waals surface area (Å²) >= 11 is 5.99. The normalized spacial score (nSPS) is 10.8. The Balaban J connectivity index is 1.80. The number of benzene rings is 2. The van der Waals surface area contributed by atoms with Crippen molar-refractivity contribution in [1.82, 2.24) is 15.4 Å². The van der Waals surface area contributed by atoms with E-state index in [-0.39, 0.29) is 11.4 Å². The Labute approximate surface area is 152 Å². The second-order valence-corrected chi connectivity index (χ2v) is 5.62. The maximum Gasteiger partial charge on any atom is 0.346 e. The monoisotopic (exact) mass is 370 g/mol. The van der Waals surface area contributed by atoms with E-state index >= 15 is 0 Å². The molecule has 0 bridgehead atoms. The number of H-pyrrole nitrogens is 1. The molecule has 0 spiro atoms. The van der Waals surface area contributed by atoms with Gasteiger partial charge in [0.25, 0.3) is 5.91 Å². The van der Waals surface area contributed by atoms with E-state index in [2.05, 4.69) is 20.5 Å². The first-order chi connectivity index (χ1) is 12.5. The lowest BCUT2D eigenvalue weighted by Crippen LogP contribution is -2.24. The Morgan fingerprint density at radius 3 is 2.65 bits per heavy atom. The third kappa shape index (κ3) is 4.20. The summed E-state index contributed by atoms with van der Waals surface area (Å²) in [5.74, 6) is -1.04. The highest BCUT2D eigenvalue weighted by atomic mass is 35.5. The largest absolute Gasteiger partial charge is 0.346 e. The molecule has 1 aromatic heterocycles. The van der Waals surface area contributed by atoms with Crippen LogP contribution in [0.25, 0.3) is 11.3 Å². The summed E-state index contributed by atoms with van der Waals surface area (Å²) < 4.78 is 13.0. The van der Waals surface area contributed by atoms with Gasteiger partial charge in [-0.25, -0.2) is 14.6 Å². The van der Waals surface area contributed by atoms with E-state index in [0.717, 1.165) is 0 Å². The summed E-state index contributed by atoms with van der Waals surface area (Å²) in [7, 11) is 0. The molecule has 0 aliphatic heterocycles. The molecule has 130 valence electrons. The Morgan fingerprint density at radius 1 is 1.19 bits per heavy atom. The van der Waals surface area contributed by atoms with E-state index in [1.165, 1.54) is 36.5 Å². The molecule has 0 saturated carbocycles. The fourth-order valence-corrected chi connectivity index (χ4v) is 2.33. The SMILES string of the molecule is O=C(N/N=C/c1ccccc1Cl)c1cc(-c2ccc(F)cc2)nc(=O)[nH]1. The number of halogens is 2. The Hall–Kier alpha value is -3.32. The first kappa shape index (κ1) is 17.5. The minimum absolute atomic E-state index is 0.0272. The number of aromatic amines is 1. The van der Waals surface area contributed by atoms with Crippen molar-refractivity contribution < 1.29 is 9.18 Å². The predicted molar refractivity (Wildman–Crippen MR) is 96.8 cm³/mol. The van der Waals surface area contributed by atoms with Gasteiger partial charge in [-0.05, 0) is 36.4 Å². The van der Waals surface area contributed by atoms with Crippen LogP contribution >= 0.6 is 11.6 Å². The molecule has 0 unspecified atom stereocenters. The van der Waals surface area contributed by atoms with Gasteiger partial charge in [-0.1, -0.05) is 29.8 Å². The molecule has 0 aliphatic rings. The van der Waals surface area contributed by atoms with Crippen molar-refractivity contribution in [3.05, 3.63) is 87.2 Å². The van der Waals surface area contributed by atoms with Crippen molar-refractivity contribution in [2.45, 2.75) is 0 Å². The average Bonchev–Trinajstić information content (AvgIpc) is 2.63. The van der Waals surface area contributed by atoms with Gasteiger partial charge in [-0.3, -0.25) is 4.79 Å². The molecule has 2 N–H and O–H groups in total. The van der Waals surface area contributed by atoms with Gasteiger partial charge in [0.15, 0.2) is 0 Å². The summed E-state index contributed by atoms with van der Waals surface area (Å²) in [6, 6.07) is 13.8. The number of hydrazone groups is 1. The lowest BCUT2D eigenvalue weighted by molar-refractivity contribution is 0.0949. The van der Waals surface area contributed by atoms with Gasteiger partial charge in [0.1, 0.15) is 11.5 Å². The molecule has 0 saturated heterocycles. The van der Waals surface area contributed by atoms with Gasteiger partial charge >= 0.3 is 5.69 Å². The minimum atomic E-state index is -0.702. The zero-order valence-electron chi connectivity index (χ0n) is 13.2. The number of aromatic nitrogens is 2. The van der Waals surface area contributed by atoms with Crippen LogP contribution in [0.3, 0.4) is 0 Å². The predicted octanol–water partition coefficient (Wildman–Crippen LogP) is 2.99. The second-order valence-electron chi connectivity index (χ2n) is 5.21. The fraction of sp³-hybridized carbons (Fsp3) is 0. The minimum Gasteiger partial charge on any atom is -0.301 e. The van der Waals surface area contributed by atoms with Gasteiger partial charge in [-0.15, -0.1) is 0 Å². The average molecular weight is 371 g/mol. The van der Waals surface area contributed by atoms with Crippen LogP contribution in [0.1, 0.15) is 16.1 Å². The van der Waals surface area contributed by atoms with Crippen LogP contribution in [0.4, 0.5) is 4.39 Å². The third-order valence-corrected chi connectivity index (χ3v) is 3.75. The van der Waals surface area contributed by atoms with Gasteiger partial charge < -0.3 is 4.98 Å². The van der Waals surface area contributed by atoms with Gasteiger partial charge in [-0.2, -0.15) is 10.1 Å². The van der Waals surface area contributed by atoms with E-state index in [1.807, 2.05) is 0 Å². The molecule has 0 aliphatic carbocycles. The second kappa shape index (κ2) is 7.71. The number of hydrogen-bond acceptors (Lipinski definition) is 4. The van der Waals surface area contributed by atoms with Crippen molar-refractivity contribution in [1.29, 1.82) is 0 Å². The Bertz CT molecular complexity index is 1030. The van der Waals surface area contributed by atoms with E-state index in [0.29, 0.717) is 16.1 Å². The van der Waals surface area contributed by atoms with E-state index in [4.69, 9.17) is 11.6 Å². The van der Waals surface area contributed by atoms with Crippen LogP contribution in [0.5, 0.6) is 0 Å². The van der Waals surface area contributed by atoms with Crippen LogP contribution in [0, 0.1) is 5.82 Å². The summed E-state index contributed by atoms with van der Waals surface area (Å²) in [6.07, 6.45) is 1.39. The summed E-state index contributed by atoms with van der Waals surface area (Å²) in [5, 5.41) is 4.31. The van der Waals surface area contributed by atoms with Gasteiger partial charge in [0.05, 0.1) is 11.9 Å². The summed E-state index contributed by atoms with van der Waals surface area (Å²) in [6.45, 7) is 0. The van der Waals surface area contributed by atoms with Crippen molar-refractivity contribution in [3.63, 3.8) is 0 Å². The number of nitrogens with one attached hydrogen (secondary N) is 2. The van der Waals surface area contributed by atoms with Crippen molar-refractivity contribution in [2.75, 3.05) is 0 Å². The molecule has 1 amide bonds. The summed E-state index contributed by atoms with van der Waals surface area (Å²) in [4.78, 5) is 30.0. The molecule has 0 fully saturated rings. The third-order valence-electron chi connectivity index (χ3n) is 3.40. The lowest BCUT2D eigenvalue weighted by atomic mass is 10.1. The smallest absolute Gasteiger partial charge is 0.301 e. The molecule has 26 heavy (non-hydrogen) atoms. The standard InChI is InChI=1S/C18H12ClFN4O2/c19-14-4-2-1-3-12(14)10-21-24-17(25)16-9-15(22-18(26)23-16)11-5-7-13(20)8-6-11/h1-10H,(H,24,25)(H,22,23,26)/b21-10+. The molecule has 3 aromatic rings. The van der Waals surface area contributed by atoms with Crippen LogP contribution in [0.15, 0.2) is 64.5 Å². The highest BCUT2D eigenvalue weighted by Crippen LogP contribution is 2.16. The molecule has 2 aromatic carbocycles. The number of amides is 1. The van der Waals surface area contributed by atoms with Crippen molar-refractivity contribution in [3.8, 4) is 11.3 Å². The first-order valence-electron chi connectivity index (χ1n) is 7.48.